The number of phosphoric ester groups is 2. The number of esters is 3. The number of phosphoric acid groups is 2. The second-order valence-electron chi connectivity index (χ2n) is 27.1. The Morgan fingerprint density at radius 2 is 0.468 bits per heavy atom. The average molecular weight is 1560 g/mol. The molecule has 18 heteroatoms. The summed E-state index contributed by atoms with van der Waals surface area (Å²) in [4.78, 5) is 58.8. The lowest BCUT2D eigenvalue weighted by atomic mass is 10.0. The quantitative estimate of drug-likeness (QED) is 0.0146. The van der Waals surface area contributed by atoms with E-state index < -0.39 is 91.5 Å². The lowest BCUT2D eigenvalue weighted by molar-refractivity contribution is -0.161. The zero-order valence-electron chi connectivity index (χ0n) is 67.6. The monoisotopic (exact) mass is 1560 g/mol. The molecule has 0 saturated carbocycles. The van der Waals surface area contributed by atoms with Gasteiger partial charge in [-0.05, 0) is 154 Å². The Morgan fingerprint density at radius 1 is 0.257 bits per heavy atom. The van der Waals surface area contributed by atoms with E-state index in [1.807, 2.05) is 12.2 Å². The molecule has 0 rings (SSSR count). The lowest BCUT2D eigenvalue weighted by Gasteiger charge is -2.21. The van der Waals surface area contributed by atoms with Crippen LogP contribution in [-0.4, -0.2) is 95.9 Å². The molecule has 5 unspecified atom stereocenters. The Balaban J connectivity index is 4.63. The van der Waals surface area contributed by atoms with E-state index in [0.717, 1.165) is 173 Å². The van der Waals surface area contributed by atoms with Gasteiger partial charge in [-0.2, -0.15) is 0 Å². The number of aliphatic hydroxyl groups is 2. The maximum Gasteiger partial charge on any atom is 0.472 e. The minimum atomic E-state index is -4.96. The van der Waals surface area contributed by atoms with Crippen molar-refractivity contribution in [1.29, 1.82) is 0 Å². The SMILES string of the molecule is CC/C=C\C/C=C\C/C=C\C/C=C\C/C=C\C/C=C\CCCCCCCCCCC(=O)OCC(COP(=O)(O)OCC(O)COP(=O)(O)OCC(O)COC(=O)CCCCCCCCCCCCCCC/C=C\C/C=C\C/C=C\C/C=C\C/C=C\CC)OC(=O)CCC/C=C\C/C=C\C/C=C\C/C=C\C/C=C\CC. The zero-order valence-corrected chi connectivity index (χ0v) is 69.4. The summed E-state index contributed by atoms with van der Waals surface area (Å²) in [6.45, 7) is 2.25. The van der Waals surface area contributed by atoms with Crippen molar-refractivity contribution in [3.8, 4) is 0 Å². The van der Waals surface area contributed by atoms with Crippen LogP contribution < -0.4 is 0 Å². The number of hydrogen-bond donors (Lipinski definition) is 4. The smallest absolute Gasteiger partial charge is 0.463 e. The van der Waals surface area contributed by atoms with Gasteiger partial charge in [0.2, 0.25) is 0 Å². The van der Waals surface area contributed by atoms with Crippen LogP contribution in [-0.2, 0) is 55.8 Å². The Bertz CT molecular complexity index is 2760. The Labute approximate surface area is 661 Å². The molecule has 0 aliphatic carbocycles. The van der Waals surface area contributed by atoms with Crippen molar-refractivity contribution in [3.63, 3.8) is 0 Å². The van der Waals surface area contributed by atoms with Crippen LogP contribution in [0.4, 0.5) is 0 Å². The van der Waals surface area contributed by atoms with Crippen molar-refractivity contribution < 1.29 is 75.8 Å². The molecule has 0 aromatic heterocycles. The molecule has 0 heterocycles. The third kappa shape index (κ3) is 83.2. The molecular formula is C91H148O16P2. The standard InChI is InChI=1S/C91H148O16P2/c1-4-7-10-13-16-19-22-25-28-31-33-35-37-39-41-42-44-46-47-49-51-54-56-59-62-65-68-71-74-77-89(94)101-80-86(92)81-103-108(97,98)104-82-87(93)83-105-109(99,100)106-85-88(107-91(96)79-76-73-70-67-64-61-58-53-30-27-24-21-18-15-12-9-6-3)84-102-90(95)78-75-72-69-66-63-60-57-55-52-50-48-45-43-40-38-36-34-32-29-26-23-20-17-14-11-8-5-2/h7-12,16-21,25-30,33-36,39-41,43,48,50,58,61,67,70,86-88,92-93H,4-6,13-15,22-24,31-32,37-38,42,44-47,49,51-57,59-60,62-66,68-69,71-85H2,1-3H3,(H,97,98)(H,99,100)/b10-7-,11-8-,12-9-,19-16-,20-17-,21-18-,28-25-,29-26-,30-27-,35-33-,36-34-,41-39-,43-40-,50-48-,61-58-,70-67-. The highest BCUT2D eigenvalue weighted by atomic mass is 31.2. The van der Waals surface area contributed by atoms with E-state index in [1.165, 1.54) is 64.2 Å². The maximum atomic E-state index is 13.0. The number of carbonyl (C=O) groups excluding carboxylic acids is 3. The van der Waals surface area contributed by atoms with Crippen LogP contribution in [0.1, 0.15) is 303 Å². The third-order valence-electron chi connectivity index (χ3n) is 16.8. The van der Waals surface area contributed by atoms with Crippen LogP contribution >= 0.6 is 15.6 Å². The molecule has 109 heavy (non-hydrogen) atoms. The molecule has 4 N–H and O–H groups in total. The molecule has 0 aromatic carbocycles. The van der Waals surface area contributed by atoms with Crippen molar-refractivity contribution in [1.82, 2.24) is 0 Å². The first-order valence-electron chi connectivity index (χ1n) is 41.7. The number of allylic oxidation sites excluding steroid dienone is 32. The average Bonchev–Trinajstić information content (AvgIpc) is 0.960. The third-order valence-corrected chi connectivity index (χ3v) is 18.7. The fraction of sp³-hybridized carbons (Fsp3) is 0.615. The number of carbonyl (C=O) groups is 3. The molecule has 0 radical (unpaired) electrons. The Kier molecular flexibility index (Phi) is 77.7. The van der Waals surface area contributed by atoms with Crippen LogP contribution in [0, 0.1) is 0 Å². The van der Waals surface area contributed by atoms with Crippen LogP contribution in [0.5, 0.6) is 0 Å². The summed E-state index contributed by atoms with van der Waals surface area (Å²) in [6.07, 6.45) is 108. The summed E-state index contributed by atoms with van der Waals surface area (Å²) in [5.74, 6) is -1.66. The molecule has 0 fully saturated rings. The summed E-state index contributed by atoms with van der Waals surface area (Å²) >= 11 is 0. The van der Waals surface area contributed by atoms with E-state index in [2.05, 4.69) is 203 Å². The number of ether oxygens (including phenoxy) is 3. The van der Waals surface area contributed by atoms with Gasteiger partial charge in [0.05, 0.1) is 26.4 Å². The van der Waals surface area contributed by atoms with Crippen LogP contribution in [0.15, 0.2) is 194 Å². The molecule has 0 saturated heterocycles. The van der Waals surface area contributed by atoms with Gasteiger partial charge in [-0.15, -0.1) is 0 Å². The normalized spacial score (nSPS) is 14.9. The molecule has 618 valence electrons. The minimum absolute atomic E-state index is 0.0172. The predicted molar refractivity (Wildman–Crippen MR) is 454 cm³/mol. The van der Waals surface area contributed by atoms with Gasteiger partial charge in [0, 0.05) is 19.3 Å². The van der Waals surface area contributed by atoms with Crippen molar-refractivity contribution in [2.75, 3.05) is 39.6 Å². The van der Waals surface area contributed by atoms with Gasteiger partial charge in [0.25, 0.3) is 0 Å². The van der Waals surface area contributed by atoms with Crippen molar-refractivity contribution in [3.05, 3.63) is 194 Å². The highest BCUT2D eigenvalue weighted by molar-refractivity contribution is 7.47. The van der Waals surface area contributed by atoms with E-state index >= 15 is 0 Å². The summed E-state index contributed by atoms with van der Waals surface area (Å²) in [5, 5.41) is 20.7. The van der Waals surface area contributed by atoms with Gasteiger partial charge >= 0.3 is 33.6 Å². The molecule has 16 nitrogen and oxygen atoms in total. The van der Waals surface area contributed by atoms with Crippen LogP contribution in [0.2, 0.25) is 0 Å². The fourth-order valence-corrected chi connectivity index (χ4v) is 12.2. The van der Waals surface area contributed by atoms with E-state index in [4.69, 9.17) is 32.3 Å². The number of unbranched alkanes of at least 4 members (excludes halogenated alkanes) is 22. The Morgan fingerprint density at radius 3 is 0.752 bits per heavy atom. The number of aliphatic hydroxyl groups excluding tert-OH is 2. The first kappa shape index (κ1) is 103. The van der Waals surface area contributed by atoms with Crippen LogP contribution in [0.25, 0.3) is 0 Å². The second kappa shape index (κ2) is 81.9. The Hall–Kier alpha value is -5.61. The minimum Gasteiger partial charge on any atom is -0.463 e. The summed E-state index contributed by atoms with van der Waals surface area (Å²) in [7, 11) is -9.83. The van der Waals surface area contributed by atoms with Gasteiger partial charge in [-0.25, -0.2) is 9.13 Å². The molecule has 0 bridgehead atoms. The van der Waals surface area contributed by atoms with E-state index in [9.17, 15) is 43.5 Å². The van der Waals surface area contributed by atoms with E-state index in [-0.39, 0.29) is 19.3 Å². The zero-order chi connectivity index (χ0) is 79.4. The highest BCUT2D eigenvalue weighted by Crippen LogP contribution is 2.45. The molecule has 0 aliphatic heterocycles. The maximum absolute atomic E-state index is 13.0. The van der Waals surface area contributed by atoms with E-state index in [0.29, 0.717) is 25.7 Å². The predicted octanol–water partition coefficient (Wildman–Crippen LogP) is 25.1. The summed E-state index contributed by atoms with van der Waals surface area (Å²) < 4.78 is 61.2. The number of rotatable bonds is 77. The molecule has 0 spiro atoms. The molecule has 0 amide bonds. The van der Waals surface area contributed by atoms with Gasteiger partial charge < -0.3 is 34.2 Å². The molecule has 5 atom stereocenters. The lowest BCUT2D eigenvalue weighted by Crippen LogP contribution is -2.30. The van der Waals surface area contributed by atoms with Crippen LogP contribution in [0.3, 0.4) is 0 Å². The number of hydrogen-bond acceptors (Lipinski definition) is 14. The van der Waals surface area contributed by atoms with Gasteiger partial charge in [-0.3, -0.25) is 32.5 Å². The second-order valence-corrected chi connectivity index (χ2v) is 30.0. The first-order chi connectivity index (χ1) is 53.2. The van der Waals surface area contributed by atoms with Crippen molar-refractivity contribution in [2.24, 2.45) is 0 Å². The molecular weight excluding hydrogens is 1410 g/mol. The first-order valence-corrected chi connectivity index (χ1v) is 44.7. The van der Waals surface area contributed by atoms with E-state index in [1.54, 1.807) is 0 Å². The topological polar surface area (TPSA) is 231 Å². The summed E-state index contributed by atoms with van der Waals surface area (Å²) in [6, 6.07) is 0. The van der Waals surface area contributed by atoms with Crippen molar-refractivity contribution >= 4 is 33.6 Å². The highest BCUT2D eigenvalue weighted by Gasteiger charge is 2.29. The van der Waals surface area contributed by atoms with Crippen molar-refractivity contribution in [2.45, 2.75) is 322 Å². The summed E-state index contributed by atoms with van der Waals surface area (Å²) in [5.41, 5.74) is 0. The molecule has 0 aromatic rings. The fourth-order valence-electron chi connectivity index (χ4n) is 10.6. The van der Waals surface area contributed by atoms with Gasteiger partial charge in [-0.1, -0.05) is 324 Å². The molecule has 0 aliphatic rings. The van der Waals surface area contributed by atoms with Gasteiger partial charge in [0.15, 0.2) is 6.10 Å². The largest absolute Gasteiger partial charge is 0.472 e. The van der Waals surface area contributed by atoms with Gasteiger partial charge in [0.1, 0.15) is 25.4 Å².